The lowest BCUT2D eigenvalue weighted by molar-refractivity contribution is 0.229. The first-order valence-electron chi connectivity index (χ1n) is 7.00. The molecule has 20 heavy (non-hydrogen) atoms. The van der Waals surface area contributed by atoms with Gasteiger partial charge in [0.15, 0.2) is 0 Å². The lowest BCUT2D eigenvalue weighted by atomic mass is 9.84. The van der Waals surface area contributed by atoms with E-state index in [9.17, 15) is 4.79 Å². The minimum Gasteiger partial charge on any atom is -0.335 e. The molecule has 4 N–H and O–H groups in total. The summed E-state index contributed by atoms with van der Waals surface area (Å²) in [6.45, 7) is 0.613. The third kappa shape index (κ3) is 3.72. The molecule has 0 radical (unpaired) electrons. The van der Waals surface area contributed by atoms with Crippen LogP contribution in [0.25, 0.3) is 0 Å². The molecule has 1 fully saturated rings. The summed E-state index contributed by atoms with van der Waals surface area (Å²) in [6, 6.07) is 8.80. The number of urea groups is 1. The van der Waals surface area contributed by atoms with Crippen molar-refractivity contribution >= 4 is 11.7 Å². The second-order valence-corrected chi connectivity index (χ2v) is 5.17. The van der Waals surface area contributed by atoms with Crippen molar-refractivity contribution in [2.24, 2.45) is 11.7 Å². The number of nitriles is 1. The van der Waals surface area contributed by atoms with Crippen LogP contribution in [-0.4, -0.2) is 18.6 Å². The molecule has 0 heterocycles. The van der Waals surface area contributed by atoms with E-state index in [1.165, 1.54) is 6.42 Å². The van der Waals surface area contributed by atoms with Crippen LogP contribution in [0.3, 0.4) is 0 Å². The predicted molar refractivity (Wildman–Crippen MR) is 78.1 cm³/mol. The SMILES string of the molecule is N#Cc1ccc(NC(=O)NC2CCCCC2CN)cc1. The Morgan fingerprint density at radius 3 is 2.65 bits per heavy atom. The van der Waals surface area contributed by atoms with E-state index < -0.39 is 0 Å². The summed E-state index contributed by atoms with van der Waals surface area (Å²) < 4.78 is 0. The number of benzene rings is 1. The molecular weight excluding hydrogens is 252 g/mol. The van der Waals surface area contributed by atoms with Crippen LogP contribution < -0.4 is 16.4 Å². The summed E-state index contributed by atoms with van der Waals surface area (Å²) in [5.41, 5.74) is 7.01. The van der Waals surface area contributed by atoms with Crippen LogP contribution in [0.15, 0.2) is 24.3 Å². The summed E-state index contributed by atoms with van der Waals surface area (Å²) in [6.07, 6.45) is 4.40. The highest BCUT2D eigenvalue weighted by Gasteiger charge is 2.25. The van der Waals surface area contributed by atoms with Crippen molar-refractivity contribution in [3.8, 4) is 6.07 Å². The van der Waals surface area contributed by atoms with Crippen LogP contribution in [0.1, 0.15) is 31.2 Å². The first kappa shape index (κ1) is 14.4. The molecule has 106 valence electrons. The van der Waals surface area contributed by atoms with Crippen LogP contribution in [-0.2, 0) is 0 Å². The molecule has 1 saturated carbocycles. The number of anilines is 1. The van der Waals surface area contributed by atoms with Gasteiger partial charge in [-0.15, -0.1) is 0 Å². The Hall–Kier alpha value is -2.06. The van der Waals surface area contributed by atoms with Crippen molar-refractivity contribution in [2.45, 2.75) is 31.7 Å². The number of rotatable bonds is 3. The minimum atomic E-state index is -0.208. The van der Waals surface area contributed by atoms with Crippen molar-refractivity contribution in [1.29, 1.82) is 5.26 Å². The van der Waals surface area contributed by atoms with E-state index in [4.69, 9.17) is 11.0 Å². The fourth-order valence-electron chi connectivity index (χ4n) is 2.64. The Kier molecular flexibility index (Phi) is 4.97. The molecule has 2 rings (SSSR count). The molecule has 0 spiro atoms. The van der Waals surface area contributed by atoms with E-state index in [1.54, 1.807) is 24.3 Å². The largest absolute Gasteiger partial charge is 0.335 e. The predicted octanol–water partition coefficient (Wildman–Crippen LogP) is 2.20. The van der Waals surface area contributed by atoms with Crippen LogP contribution >= 0.6 is 0 Å². The van der Waals surface area contributed by atoms with Gasteiger partial charge >= 0.3 is 6.03 Å². The summed E-state index contributed by atoms with van der Waals surface area (Å²) in [5.74, 6) is 0.371. The zero-order valence-electron chi connectivity index (χ0n) is 11.4. The van der Waals surface area contributed by atoms with Gasteiger partial charge in [0.05, 0.1) is 11.6 Å². The quantitative estimate of drug-likeness (QED) is 0.787. The van der Waals surface area contributed by atoms with E-state index in [0.29, 0.717) is 23.7 Å². The first-order chi connectivity index (χ1) is 9.72. The number of nitrogens with one attached hydrogen (secondary N) is 2. The van der Waals surface area contributed by atoms with Gasteiger partial charge in [0, 0.05) is 11.7 Å². The van der Waals surface area contributed by atoms with Gasteiger partial charge < -0.3 is 16.4 Å². The average molecular weight is 272 g/mol. The Bertz CT molecular complexity index is 492. The monoisotopic (exact) mass is 272 g/mol. The van der Waals surface area contributed by atoms with Gasteiger partial charge in [-0.25, -0.2) is 4.79 Å². The zero-order chi connectivity index (χ0) is 14.4. The van der Waals surface area contributed by atoms with Gasteiger partial charge in [0.2, 0.25) is 0 Å². The molecule has 5 heteroatoms. The van der Waals surface area contributed by atoms with Crippen molar-refractivity contribution < 1.29 is 4.79 Å². The second kappa shape index (κ2) is 6.92. The highest BCUT2D eigenvalue weighted by Crippen LogP contribution is 2.23. The molecule has 0 aromatic heterocycles. The van der Waals surface area contributed by atoms with Crippen LogP contribution in [0.5, 0.6) is 0 Å². The number of nitrogens with two attached hydrogens (primary N) is 1. The summed E-state index contributed by atoms with van der Waals surface area (Å²) in [7, 11) is 0. The van der Waals surface area contributed by atoms with Crippen molar-refractivity contribution in [3.05, 3.63) is 29.8 Å². The number of hydrogen-bond acceptors (Lipinski definition) is 3. The molecule has 0 bridgehead atoms. The molecule has 1 aromatic rings. The fourth-order valence-corrected chi connectivity index (χ4v) is 2.64. The maximum atomic E-state index is 12.0. The molecule has 0 saturated heterocycles. The van der Waals surface area contributed by atoms with E-state index in [1.807, 2.05) is 6.07 Å². The first-order valence-corrected chi connectivity index (χ1v) is 7.00. The lowest BCUT2D eigenvalue weighted by Gasteiger charge is -2.31. The summed E-state index contributed by atoms with van der Waals surface area (Å²) in [5, 5.41) is 14.5. The Balaban J connectivity index is 1.89. The Morgan fingerprint density at radius 1 is 1.30 bits per heavy atom. The molecule has 1 aromatic carbocycles. The van der Waals surface area contributed by atoms with Gasteiger partial charge in [-0.05, 0) is 49.6 Å². The van der Waals surface area contributed by atoms with Gasteiger partial charge in [0.25, 0.3) is 0 Å². The van der Waals surface area contributed by atoms with Crippen LogP contribution in [0, 0.1) is 17.2 Å². The van der Waals surface area contributed by atoms with Gasteiger partial charge in [-0.1, -0.05) is 12.8 Å². The van der Waals surface area contributed by atoms with E-state index >= 15 is 0 Å². The number of carbonyl (C=O) groups excluding carboxylic acids is 1. The van der Waals surface area contributed by atoms with Crippen molar-refractivity contribution in [1.82, 2.24) is 5.32 Å². The van der Waals surface area contributed by atoms with E-state index in [0.717, 1.165) is 19.3 Å². The summed E-state index contributed by atoms with van der Waals surface area (Å²) >= 11 is 0. The maximum absolute atomic E-state index is 12.0. The Morgan fingerprint density at radius 2 is 2.00 bits per heavy atom. The summed E-state index contributed by atoms with van der Waals surface area (Å²) in [4.78, 5) is 12.0. The number of nitrogens with zero attached hydrogens (tertiary/aromatic N) is 1. The molecule has 2 atom stereocenters. The smallest absolute Gasteiger partial charge is 0.319 e. The van der Waals surface area contributed by atoms with E-state index in [-0.39, 0.29) is 12.1 Å². The normalized spacial score (nSPS) is 21.8. The zero-order valence-corrected chi connectivity index (χ0v) is 11.4. The van der Waals surface area contributed by atoms with Crippen LogP contribution in [0.2, 0.25) is 0 Å². The molecule has 1 aliphatic rings. The third-order valence-corrected chi connectivity index (χ3v) is 3.80. The van der Waals surface area contributed by atoms with Crippen molar-refractivity contribution in [3.63, 3.8) is 0 Å². The molecule has 1 aliphatic carbocycles. The molecule has 5 nitrogen and oxygen atoms in total. The molecule has 2 unspecified atom stereocenters. The third-order valence-electron chi connectivity index (χ3n) is 3.80. The van der Waals surface area contributed by atoms with Gasteiger partial charge in [0.1, 0.15) is 0 Å². The topological polar surface area (TPSA) is 90.9 Å². The minimum absolute atomic E-state index is 0.159. The number of amides is 2. The fraction of sp³-hybridized carbons (Fsp3) is 0.467. The van der Waals surface area contributed by atoms with E-state index in [2.05, 4.69) is 10.6 Å². The van der Waals surface area contributed by atoms with Crippen LogP contribution in [0.4, 0.5) is 10.5 Å². The maximum Gasteiger partial charge on any atom is 0.319 e. The van der Waals surface area contributed by atoms with Gasteiger partial charge in [-0.3, -0.25) is 0 Å². The molecule has 0 aliphatic heterocycles. The average Bonchev–Trinajstić information content (AvgIpc) is 2.48. The van der Waals surface area contributed by atoms with Gasteiger partial charge in [-0.2, -0.15) is 5.26 Å². The number of carbonyl (C=O) groups is 1. The van der Waals surface area contributed by atoms with Crippen molar-refractivity contribution in [2.75, 3.05) is 11.9 Å². The number of hydrogen-bond donors (Lipinski definition) is 3. The molecule has 2 amide bonds. The standard InChI is InChI=1S/C15H20N4O/c16-9-11-5-7-13(8-6-11)18-15(20)19-14-4-2-1-3-12(14)10-17/h5-8,12,14H,1-4,10,17H2,(H2,18,19,20). The lowest BCUT2D eigenvalue weighted by Crippen LogP contribution is -2.46. The second-order valence-electron chi connectivity index (χ2n) is 5.17. The Labute approximate surface area is 119 Å². The highest BCUT2D eigenvalue weighted by molar-refractivity contribution is 5.89. The highest BCUT2D eigenvalue weighted by atomic mass is 16.2. The molecular formula is C15H20N4O.